The number of nitrogens with zero attached hydrogens (tertiary/aromatic N) is 1. The average molecular weight is 218 g/mol. The van der Waals surface area contributed by atoms with Crippen molar-refractivity contribution in [2.75, 3.05) is 0 Å². The zero-order valence-corrected chi connectivity index (χ0v) is 8.47. The molecule has 1 N–H and O–H groups in total. The summed E-state index contributed by atoms with van der Waals surface area (Å²) in [6.07, 6.45) is 1.50. The summed E-state index contributed by atoms with van der Waals surface area (Å²) in [5.74, 6) is -0.846. The Kier molecular flexibility index (Phi) is 3.57. The summed E-state index contributed by atoms with van der Waals surface area (Å²) in [5.41, 5.74) is 0. The number of hydrogen-bond donors (Lipinski definition) is 1. The molecule has 70 valence electrons. The molecule has 1 rings (SSSR count). The maximum atomic E-state index is 10.5. The summed E-state index contributed by atoms with van der Waals surface area (Å²) in [4.78, 5) is 14.5. The highest BCUT2D eigenvalue weighted by Crippen LogP contribution is 2.21. The Hall–Kier alpha value is -0.740. The summed E-state index contributed by atoms with van der Waals surface area (Å²) >= 11 is 6.81. The molecule has 0 spiro atoms. The van der Waals surface area contributed by atoms with Crippen LogP contribution in [0.5, 0.6) is 0 Å². The molecule has 1 aromatic heterocycles. The number of halogens is 1. The molecular formula is C8H8ClNO2S. The van der Waals surface area contributed by atoms with E-state index in [1.54, 1.807) is 19.1 Å². The molecule has 0 unspecified atom stereocenters. The van der Waals surface area contributed by atoms with E-state index in [2.05, 4.69) is 4.98 Å². The Morgan fingerprint density at radius 2 is 2.38 bits per heavy atom. The van der Waals surface area contributed by atoms with Crippen molar-refractivity contribution in [1.29, 1.82) is 0 Å². The summed E-state index contributed by atoms with van der Waals surface area (Å²) in [6, 6.07) is 3.39. The molecule has 0 aromatic carbocycles. The van der Waals surface area contributed by atoms with Crippen LogP contribution in [0.2, 0.25) is 5.02 Å². The summed E-state index contributed by atoms with van der Waals surface area (Å²) in [5, 5.41) is 9.35. The van der Waals surface area contributed by atoms with E-state index in [1.165, 1.54) is 18.0 Å². The van der Waals surface area contributed by atoms with E-state index in [-0.39, 0.29) is 0 Å². The fraction of sp³-hybridized carbons (Fsp3) is 0.250. The van der Waals surface area contributed by atoms with Gasteiger partial charge in [0.1, 0.15) is 5.25 Å². The van der Waals surface area contributed by atoms with Gasteiger partial charge in [0.15, 0.2) is 0 Å². The van der Waals surface area contributed by atoms with E-state index < -0.39 is 11.2 Å². The second-order valence-electron chi connectivity index (χ2n) is 2.41. The molecule has 0 saturated heterocycles. The van der Waals surface area contributed by atoms with Crippen molar-refractivity contribution in [3.8, 4) is 0 Å². The van der Waals surface area contributed by atoms with Gasteiger partial charge in [-0.15, -0.1) is 0 Å². The maximum absolute atomic E-state index is 10.5. The van der Waals surface area contributed by atoms with Crippen molar-refractivity contribution in [2.24, 2.45) is 0 Å². The SMILES string of the molecule is C[C@@H](Sc1ccc(Cl)cn1)C(=O)O. The first-order chi connectivity index (χ1) is 6.09. The number of pyridine rings is 1. The Labute approximate surface area is 85.1 Å². The molecule has 0 fully saturated rings. The van der Waals surface area contributed by atoms with E-state index in [0.717, 1.165) is 0 Å². The van der Waals surface area contributed by atoms with Crippen molar-refractivity contribution in [1.82, 2.24) is 4.98 Å². The van der Waals surface area contributed by atoms with Crippen LogP contribution >= 0.6 is 23.4 Å². The smallest absolute Gasteiger partial charge is 0.316 e. The number of thioether (sulfide) groups is 1. The highest BCUT2D eigenvalue weighted by molar-refractivity contribution is 8.00. The van der Waals surface area contributed by atoms with Crippen LogP contribution in [0, 0.1) is 0 Å². The van der Waals surface area contributed by atoms with Crippen molar-refractivity contribution in [3.05, 3.63) is 23.4 Å². The lowest BCUT2D eigenvalue weighted by Crippen LogP contribution is -2.11. The third-order valence-electron chi connectivity index (χ3n) is 1.35. The van der Waals surface area contributed by atoms with Gasteiger partial charge in [-0.3, -0.25) is 4.79 Å². The Bertz CT molecular complexity index is 302. The van der Waals surface area contributed by atoms with E-state index in [4.69, 9.17) is 16.7 Å². The van der Waals surface area contributed by atoms with E-state index >= 15 is 0 Å². The number of rotatable bonds is 3. The molecule has 3 nitrogen and oxygen atoms in total. The number of aromatic nitrogens is 1. The molecule has 13 heavy (non-hydrogen) atoms. The van der Waals surface area contributed by atoms with Crippen molar-refractivity contribution in [3.63, 3.8) is 0 Å². The molecule has 1 heterocycles. The normalized spacial score (nSPS) is 12.5. The lowest BCUT2D eigenvalue weighted by Gasteiger charge is -2.04. The van der Waals surface area contributed by atoms with Crippen LogP contribution < -0.4 is 0 Å². The molecule has 0 aliphatic heterocycles. The van der Waals surface area contributed by atoms with Gasteiger partial charge in [0.05, 0.1) is 10.0 Å². The zero-order chi connectivity index (χ0) is 9.84. The molecule has 5 heteroatoms. The summed E-state index contributed by atoms with van der Waals surface area (Å²) in [7, 11) is 0. The van der Waals surface area contributed by atoms with Crippen LogP contribution in [0.1, 0.15) is 6.92 Å². The van der Waals surface area contributed by atoms with Crippen molar-refractivity contribution in [2.45, 2.75) is 17.2 Å². The van der Waals surface area contributed by atoms with Crippen LogP contribution in [0.3, 0.4) is 0 Å². The van der Waals surface area contributed by atoms with Crippen LogP contribution in [0.25, 0.3) is 0 Å². The summed E-state index contributed by atoms with van der Waals surface area (Å²) < 4.78 is 0. The van der Waals surface area contributed by atoms with Crippen LogP contribution in [-0.4, -0.2) is 21.3 Å². The minimum atomic E-state index is -0.846. The lowest BCUT2D eigenvalue weighted by atomic mass is 10.5. The monoisotopic (exact) mass is 217 g/mol. The summed E-state index contributed by atoms with van der Waals surface area (Å²) in [6.45, 7) is 1.61. The molecule has 0 radical (unpaired) electrons. The molecule has 1 aromatic rings. The third kappa shape index (κ3) is 3.24. The van der Waals surface area contributed by atoms with Crippen LogP contribution in [0.15, 0.2) is 23.4 Å². The molecule has 0 aliphatic carbocycles. The van der Waals surface area contributed by atoms with Gasteiger partial charge in [0.2, 0.25) is 0 Å². The van der Waals surface area contributed by atoms with Gasteiger partial charge in [0, 0.05) is 6.20 Å². The second-order valence-corrected chi connectivity index (χ2v) is 4.21. The molecule has 0 bridgehead atoms. The van der Waals surface area contributed by atoms with E-state index in [0.29, 0.717) is 10.0 Å². The largest absolute Gasteiger partial charge is 0.480 e. The third-order valence-corrected chi connectivity index (χ3v) is 2.61. The number of aliphatic carboxylic acids is 1. The first-order valence-corrected chi connectivity index (χ1v) is 4.86. The lowest BCUT2D eigenvalue weighted by molar-refractivity contribution is -0.136. The fourth-order valence-corrected chi connectivity index (χ4v) is 1.50. The van der Waals surface area contributed by atoms with Gasteiger partial charge >= 0.3 is 5.97 Å². The van der Waals surface area contributed by atoms with Crippen molar-refractivity contribution >= 4 is 29.3 Å². The minimum absolute atomic E-state index is 0.492. The van der Waals surface area contributed by atoms with Gasteiger partial charge in [0.25, 0.3) is 0 Å². The fourth-order valence-electron chi connectivity index (χ4n) is 0.663. The number of carbonyl (C=O) groups is 1. The minimum Gasteiger partial charge on any atom is -0.480 e. The standard InChI is InChI=1S/C8H8ClNO2S/c1-5(8(11)12)13-7-3-2-6(9)4-10-7/h2-5H,1H3,(H,11,12)/t5-/m1/s1. The Balaban J connectivity index is 2.64. The van der Waals surface area contributed by atoms with E-state index in [1.807, 2.05) is 0 Å². The van der Waals surface area contributed by atoms with Gasteiger partial charge in [-0.1, -0.05) is 23.4 Å². The topological polar surface area (TPSA) is 50.2 Å². The molecule has 1 atom stereocenters. The predicted octanol–water partition coefficient (Wildman–Crippen LogP) is 2.30. The van der Waals surface area contributed by atoms with Gasteiger partial charge in [-0.05, 0) is 19.1 Å². The Morgan fingerprint density at radius 1 is 1.69 bits per heavy atom. The van der Waals surface area contributed by atoms with Crippen LogP contribution in [-0.2, 0) is 4.79 Å². The van der Waals surface area contributed by atoms with Gasteiger partial charge in [-0.2, -0.15) is 0 Å². The van der Waals surface area contributed by atoms with Gasteiger partial charge < -0.3 is 5.11 Å². The number of carboxylic acids is 1. The van der Waals surface area contributed by atoms with E-state index in [9.17, 15) is 4.79 Å². The predicted molar refractivity (Wildman–Crippen MR) is 52.2 cm³/mol. The maximum Gasteiger partial charge on any atom is 0.316 e. The average Bonchev–Trinajstić information content (AvgIpc) is 2.08. The zero-order valence-electron chi connectivity index (χ0n) is 6.90. The van der Waals surface area contributed by atoms with Crippen molar-refractivity contribution < 1.29 is 9.90 Å². The number of hydrogen-bond acceptors (Lipinski definition) is 3. The highest BCUT2D eigenvalue weighted by Gasteiger charge is 2.12. The number of carboxylic acid groups (broad SMARTS) is 1. The van der Waals surface area contributed by atoms with Crippen LogP contribution in [0.4, 0.5) is 0 Å². The quantitative estimate of drug-likeness (QED) is 0.790. The first kappa shape index (κ1) is 10.3. The molecular weight excluding hydrogens is 210 g/mol. The Morgan fingerprint density at radius 3 is 2.85 bits per heavy atom. The first-order valence-electron chi connectivity index (χ1n) is 3.60. The molecule has 0 amide bonds. The second kappa shape index (κ2) is 4.48. The highest BCUT2D eigenvalue weighted by atomic mass is 35.5. The molecule has 0 aliphatic rings. The molecule has 0 saturated carbocycles. The van der Waals surface area contributed by atoms with Gasteiger partial charge in [-0.25, -0.2) is 4.98 Å².